The van der Waals surface area contributed by atoms with Gasteiger partial charge in [-0.15, -0.1) is 6.42 Å². The number of rotatable bonds is 9. The molecule has 0 unspecified atom stereocenters. The normalized spacial score (nSPS) is 11.7. The molecule has 0 spiro atoms. The molecule has 2 N–H and O–H groups in total. The zero-order valence-corrected chi connectivity index (χ0v) is 12.2. The average molecular weight is 277 g/mol. The van der Waals surface area contributed by atoms with E-state index in [1.165, 1.54) is 0 Å². The van der Waals surface area contributed by atoms with Gasteiger partial charge in [-0.25, -0.2) is 0 Å². The molecule has 0 amide bonds. The third-order valence-electron chi connectivity index (χ3n) is 2.93. The second kappa shape index (κ2) is 9.24. The molecule has 1 aromatic carbocycles. The minimum absolute atomic E-state index is 0.114. The highest BCUT2D eigenvalue weighted by atomic mass is 16.5. The maximum Gasteiger partial charge on any atom is 0.162 e. The first kappa shape index (κ1) is 16.4. The van der Waals surface area contributed by atoms with Crippen LogP contribution in [-0.2, 0) is 6.54 Å². The largest absolute Gasteiger partial charge is 0.490 e. The third-order valence-corrected chi connectivity index (χ3v) is 2.93. The molecule has 20 heavy (non-hydrogen) atoms. The zero-order chi connectivity index (χ0) is 14.8. The van der Waals surface area contributed by atoms with Crippen LogP contribution in [0.5, 0.6) is 11.5 Å². The van der Waals surface area contributed by atoms with Crippen LogP contribution < -0.4 is 14.8 Å². The average Bonchev–Trinajstić information content (AvgIpc) is 2.48. The minimum Gasteiger partial charge on any atom is -0.490 e. The van der Waals surface area contributed by atoms with Crippen molar-refractivity contribution < 1.29 is 14.6 Å². The van der Waals surface area contributed by atoms with Gasteiger partial charge in [0.25, 0.3) is 0 Å². The summed E-state index contributed by atoms with van der Waals surface area (Å²) in [7, 11) is 0. The van der Waals surface area contributed by atoms with Gasteiger partial charge in [0.05, 0.1) is 13.2 Å². The van der Waals surface area contributed by atoms with E-state index >= 15 is 0 Å². The van der Waals surface area contributed by atoms with E-state index in [2.05, 4.69) is 11.2 Å². The fourth-order valence-electron chi connectivity index (χ4n) is 1.77. The molecule has 0 heterocycles. The molecule has 0 fully saturated rings. The number of hydrogen-bond donors (Lipinski definition) is 2. The molecule has 0 aromatic heterocycles. The SMILES string of the molecule is C#CCOc1ccc(CN[C@@H](CC)CO)cc1OCC. The van der Waals surface area contributed by atoms with E-state index in [1.807, 2.05) is 32.0 Å². The van der Waals surface area contributed by atoms with E-state index in [-0.39, 0.29) is 19.3 Å². The summed E-state index contributed by atoms with van der Waals surface area (Å²) >= 11 is 0. The summed E-state index contributed by atoms with van der Waals surface area (Å²) in [6, 6.07) is 5.87. The van der Waals surface area contributed by atoms with Crippen LogP contribution in [0, 0.1) is 12.3 Å². The lowest BCUT2D eigenvalue weighted by Gasteiger charge is -2.16. The van der Waals surface area contributed by atoms with Gasteiger partial charge in [-0.2, -0.15) is 0 Å². The van der Waals surface area contributed by atoms with Crippen molar-refractivity contribution in [3.05, 3.63) is 23.8 Å². The Balaban J connectivity index is 2.73. The monoisotopic (exact) mass is 277 g/mol. The van der Waals surface area contributed by atoms with Gasteiger partial charge in [-0.3, -0.25) is 0 Å². The summed E-state index contributed by atoms with van der Waals surface area (Å²) in [4.78, 5) is 0. The highest BCUT2D eigenvalue weighted by molar-refractivity contribution is 5.43. The molecule has 0 saturated heterocycles. The lowest BCUT2D eigenvalue weighted by atomic mass is 10.1. The predicted molar refractivity (Wildman–Crippen MR) is 79.9 cm³/mol. The van der Waals surface area contributed by atoms with Gasteiger partial charge in [0.1, 0.15) is 6.61 Å². The van der Waals surface area contributed by atoms with E-state index in [4.69, 9.17) is 21.0 Å². The van der Waals surface area contributed by atoms with Crippen LogP contribution in [0.1, 0.15) is 25.8 Å². The van der Waals surface area contributed by atoms with Gasteiger partial charge in [0, 0.05) is 12.6 Å². The predicted octanol–water partition coefficient (Wildman–Crippen LogP) is 1.96. The molecule has 110 valence electrons. The molecule has 1 atom stereocenters. The molecular formula is C16H23NO3. The Bertz CT molecular complexity index is 436. The maximum atomic E-state index is 9.16. The third kappa shape index (κ3) is 5.12. The van der Waals surface area contributed by atoms with Gasteiger partial charge in [0.15, 0.2) is 11.5 Å². The standard InChI is InChI=1S/C16H23NO3/c1-4-9-20-15-8-7-13(10-16(15)19-6-3)11-17-14(5-2)12-18/h1,7-8,10,14,17-18H,5-6,9,11-12H2,2-3H3/t14-/m0/s1. The first-order chi connectivity index (χ1) is 9.74. The first-order valence-corrected chi connectivity index (χ1v) is 6.91. The quantitative estimate of drug-likeness (QED) is 0.678. The number of aliphatic hydroxyl groups excluding tert-OH is 1. The summed E-state index contributed by atoms with van der Waals surface area (Å²) in [6.07, 6.45) is 6.08. The van der Waals surface area contributed by atoms with Crippen LogP contribution in [0.3, 0.4) is 0 Å². The van der Waals surface area contributed by atoms with Crippen molar-refractivity contribution in [2.24, 2.45) is 0 Å². The van der Waals surface area contributed by atoms with Crippen molar-refractivity contribution in [2.75, 3.05) is 19.8 Å². The zero-order valence-electron chi connectivity index (χ0n) is 12.2. The number of terminal acetylenes is 1. The fraction of sp³-hybridized carbons (Fsp3) is 0.500. The Morgan fingerprint density at radius 3 is 2.70 bits per heavy atom. The Kier molecular flexibility index (Phi) is 7.56. The highest BCUT2D eigenvalue weighted by Gasteiger charge is 2.08. The summed E-state index contributed by atoms with van der Waals surface area (Å²) in [5, 5.41) is 12.4. The number of aliphatic hydroxyl groups is 1. The van der Waals surface area contributed by atoms with Crippen LogP contribution >= 0.6 is 0 Å². The maximum absolute atomic E-state index is 9.16. The second-order valence-electron chi connectivity index (χ2n) is 4.38. The molecule has 0 radical (unpaired) electrons. The second-order valence-corrected chi connectivity index (χ2v) is 4.38. The van der Waals surface area contributed by atoms with E-state index in [0.29, 0.717) is 24.7 Å². The van der Waals surface area contributed by atoms with Crippen LogP contribution in [0.15, 0.2) is 18.2 Å². The van der Waals surface area contributed by atoms with Crippen LogP contribution in [-0.4, -0.2) is 31.0 Å². The molecule has 0 saturated carbocycles. The molecule has 4 nitrogen and oxygen atoms in total. The first-order valence-electron chi connectivity index (χ1n) is 6.91. The molecule has 0 aliphatic rings. The number of ether oxygens (including phenoxy) is 2. The topological polar surface area (TPSA) is 50.7 Å². The van der Waals surface area contributed by atoms with E-state index < -0.39 is 0 Å². The molecule has 0 aliphatic carbocycles. The van der Waals surface area contributed by atoms with Crippen molar-refractivity contribution in [3.8, 4) is 23.8 Å². The van der Waals surface area contributed by atoms with Crippen LogP contribution in [0.2, 0.25) is 0 Å². The lowest BCUT2D eigenvalue weighted by Crippen LogP contribution is -2.31. The lowest BCUT2D eigenvalue weighted by molar-refractivity contribution is 0.238. The van der Waals surface area contributed by atoms with Gasteiger partial charge >= 0.3 is 0 Å². The van der Waals surface area contributed by atoms with Gasteiger partial charge < -0.3 is 19.9 Å². The van der Waals surface area contributed by atoms with Crippen molar-refractivity contribution in [3.63, 3.8) is 0 Å². The van der Waals surface area contributed by atoms with Crippen molar-refractivity contribution in [1.29, 1.82) is 0 Å². The van der Waals surface area contributed by atoms with Crippen LogP contribution in [0.25, 0.3) is 0 Å². The van der Waals surface area contributed by atoms with Gasteiger partial charge in [-0.05, 0) is 31.0 Å². The van der Waals surface area contributed by atoms with Crippen molar-refractivity contribution >= 4 is 0 Å². The Morgan fingerprint density at radius 2 is 2.10 bits per heavy atom. The molecule has 1 aromatic rings. The summed E-state index contributed by atoms with van der Waals surface area (Å²) < 4.78 is 11.0. The Morgan fingerprint density at radius 1 is 1.30 bits per heavy atom. The molecule has 0 bridgehead atoms. The van der Waals surface area contributed by atoms with Crippen molar-refractivity contribution in [1.82, 2.24) is 5.32 Å². The highest BCUT2D eigenvalue weighted by Crippen LogP contribution is 2.28. The molecule has 4 heteroatoms. The number of nitrogens with one attached hydrogen (secondary N) is 1. The van der Waals surface area contributed by atoms with Crippen molar-refractivity contribution in [2.45, 2.75) is 32.9 Å². The fourth-order valence-corrected chi connectivity index (χ4v) is 1.77. The Hall–Kier alpha value is -1.70. The molecular weight excluding hydrogens is 254 g/mol. The molecule has 0 aliphatic heterocycles. The number of hydrogen-bond acceptors (Lipinski definition) is 4. The van der Waals surface area contributed by atoms with E-state index in [1.54, 1.807) is 0 Å². The van der Waals surface area contributed by atoms with Crippen LogP contribution in [0.4, 0.5) is 0 Å². The molecule has 1 rings (SSSR count). The Labute approximate surface area is 121 Å². The van der Waals surface area contributed by atoms with E-state index in [0.717, 1.165) is 12.0 Å². The summed E-state index contributed by atoms with van der Waals surface area (Å²) in [5.74, 6) is 3.79. The van der Waals surface area contributed by atoms with Gasteiger partial charge in [0.2, 0.25) is 0 Å². The smallest absolute Gasteiger partial charge is 0.162 e. The summed E-state index contributed by atoms with van der Waals surface area (Å²) in [6.45, 7) is 5.56. The number of benzene rings is 1. The van der Waals surface area contributed by atoms with E-state index in [9.17, 15) is 0 Å². The summed E-state index contributed by atoms with van der Waals surface area (Å²) in [5.41, 5.74) is 1.08. The minimum atomic E-state index is 0.114. The van der Waals surface area contributed by atoms with Gasteiger partial charge in [-0.1, -0.05) is 18.9 Å².